The summed E-state index contributed by atoms with van der Waals surface area (Å²) in [6, 6.07) is 7.11. The highest BCUT2D eigenvalue weighted by Gasteiger charge is 2.13. The van der Waals surface area contributed by atoms with Crippen LogP contribution in [0.15, 0.2) is 36.5 Å². The minimum Gasteiger partial charge on any atom is -0.497 e. The second-order valence-electron chi connectivity index (χ2n) is 3.39. The number of hydrogen-bond donors (Lipinski definition) is 1. The van der Waals surface area contributed by atoms with Gasteiger partial charge in [-0.1, -0.05) is 0 Å². The normalized spacial score (nSPS) is 10.2. The molecule has 0 atom stereocenters. The Morgan fingerprint density at radius 2 is 2.18 bits per heavy atom. The van der Waals surface area contributed by atoms with Crippen molar-refractivity contribution in [3.63, 3.8) is 0 Å². The van der Waals surface area contributed by atoms with E-state index in [0.717, 1.165) is 0 Å². The molecule has 0 spiro atoms. The SMILES string of the molecule is COc1ccc(F)c(-n2cccc2C(=O)O)c1. The molecule has 0 radical (unpaired) electrons. The minimum absolute atomic E-state index is 0.00264. The maximum atomic E-state index is 13.6. The van der Waals surface area contributed by atoms with Gasteiger partial charge in [0.25, 0.3) is 0 Å². The molecule has 0 bridgehead atoms. The molecular weight excluding hydrogens is 225 g/mol. The Labute approximate surface area is 96.9 Å². The fraction of sp³-hybridized carbons (Fsp3) is 0.0833. The van der Waals surface area contributed by atoms with E-state index in [9.17, 15) is 9.18 Å². The number of nitrogens with zero attached hydrogens (tertiary/aromatic N) is 1. The molecule has 0 unspecified atom stereocenters. The van der Waals surface area contributed by atoms with Crippen LogP contribution < -0.4 is 4.74 Å². The molecule has 0 aliphatic rings. The minimum atomic E-state index is -1.11. The van der Waals surface area contributed by atoms with Gasteiger partial charge in [-0.05, 0) is 24.3 Å². The highest BCUT2D eigenvalue weighted by Crippen LogP contribution is 2.22. The number of methoxy groups -OCH3 is 1. The van der Waals surface area contributed by atoms with Crippen LogP contribution in [0.25, 0.3) is 5.69 Å². The Kier molecular flexibility index (Phi) is 2.82. The molecule has 0 saturated carbocycles. The lowest BCUT2D eigenvalue weighted by molar-refractivity contribution is 0.0688. The fourth-order valence-corrected chi connectivity index (χ4v) is 1.57. The van der Waals surface area contributed by atoms with Crippen molar-refractivity contribution in [1.29, 1.82) is 0 Å². The third-order valence-electron chi connectivity index (χ3n) is 2.38. The second kappa shape index (κ2) is 4.29. The molecule has 1 heterocycles. The number of carbonyl (C=O) groups is 1. The predicted molar refractivity (Wildman–Crippen MR) is 59.2 cm³/mol. The summed E-state index contributed by atoms with van der Waals surface area (Å²) in [5.74, 6) is -1.16. The first-order chi connectivity index (χ1) is 8.13. The van der Waals surface area contributed by atoms with Gasteiger partial charge in [0, 0.05) is 12.3 Å². The summed E-state index contributed by atoms with van der Waals surface area (Å²) >= 11 is 0. The average molecular weight is 235 g/mol. The quantitative estimate of drug-likeness (QED) is 0.888. The number of aromatic carboxylic acids is 1. The molecular formula is C12H10FNO3. The lowest BCUT2D eigenvalue weighted by Gasteiger charge is -2.09. The summed E-state index contributed by atoms with van der Waals surface area (Å²) in [4.78, 5) is 10.9. The van der Waals surface area contributed by atoms with Crippen molar-refractivity contribution in [3.05, 3.63) is 48.0 Å². The molecule has 0 saturated heterocycles. The molecule has 1 aromatic heterocycles. The molecule has 0 aliphatic carbocycles. The summed E-state index contributed by atoms with van der Waals surface area (Å²) in [5, 5.41) is 8.96. The van der Waals surface area contributed by atoms with Crippen LogP contribution in [0.2, 0.25) is 0 Å². The van der Waals surface area contributed by atoms with Crippen molar-refractivity contribution in [2.45, 2.75) is 0 Å². The molecule has 1 aromatic carbocycles. The van der Waals surface area contributed by atoms with E-state index < -0.39 is 11.8 Å². The maximum absolute atomic E-state index is 13.6. The highest BCUT2D eigenvalue weighted by atomic mass is 19.1. The monoisotopic (exact) mass is 235 g/mol. The van der Waals surface area contributed by atoms with Crippen LogP contribution in [-0.4, -0.2) is 22.8 Å². The van der Waals surface area contributed by atoms with Gasteiger partial charge in [-0.15, -0.1) is 0 Å². The topological polar surface area (TPSA) is 51.5 Å². The molecule has 17 heavy (non-hydrogen) atoms. The molecule has 5 heteroatoms. The number of benzene rings is 1. The van der Waals surface area contributed by atoms with Crippen LogP contribution in [0.1, 0.15) is 10.5 Å². The predicted octanol–water partition coefficient (Wildman–Crippen LogP) is 2.32. The summed E-state index contributed by atoms with van der Waals surface area (Å²) < 4.78 is 19.9. The third-order valence-corrected chi connectivity index (χ3v) is 2.38. The standard InChI is InChI=1S/C12H10FNO3/c1-17-8-4-5-9(13)11(7-8)14-6-2-3-10(14)12(15)16/h2-7H,1H3,(H,15,16). The van der Waals surface area contributed by atoms with E-state index in [2.05, 4.69) is 0 Å². The van der Waals surface area contributed by atoms with Gasteiger partial charge in [-0.2, -0.15) is 0 Å². The summed E-state index contributed by atoms with van der Waals surface area (Å²) in [5.41, 5.74) is 0.143. The lowest BCUT2D eigenvalue weighted by Crippen LogP contribution is -2.07. The maximum Gasteiger partial charge on any atom is 0.352 e. The van der Waals surface area contributed by atoms with E-state index in [-0.39, 0.29) is 11.4 Å². The first-order valence-electron chi connectivity index (χ1n) is 4.88. The Morgan fingerprint density at radius 1 is 1.41 bits per heavy atom. The van der Waals surface area contributed by atoms with Gasteiger partial charge in [-0.3, -0.25) is 0 Å². The zero-order valence-electron chi connectivity index (χ0n) is 9.05. The Balaban J connectivity index is 2.59. The zero-order valence-corrected chi connectivity index (χ0v) is 9.05. The van der Waals surface area contributed by atoms with Crippen LogP contribution in [-0.2, 0) is 0 Å². The van der Waals surface area contributed by atoms with E-state index in [1.165, 1.54) is 42.1 Å². The molecule has 4 nitrogen and oxygen atoms in total. The van der Waals surface area contributed by atoms with Gasteiger partial charge in [0.1, 0.15) is 17.3 Å². The van der Waals surface area contributed by atoms with Crippen LogP contribution in [0.4, 0.5) is 4.39 Å². The number of hydrogen-bond acceptors (Lipinski definition) is 2. The first-order valence-corrected chi connectivity index (χ1v) is 4.88. The van der Waals surface area contributed by atoms with E-state index in [1.54, 1.807) is 6.07 Å². The molecule has 88 valence electrons. The molecule has 2 rings (SSSR count). The summed E-state index contributed by atoms with van der Waals surface area (Å²) in [7, 11) is 1.46. The smallest absolute Gasteiger partial charge is 0.352 e. The Hall–Kier alpha value is -2.30. The van der Waals surface area contributed by atoms with Crippen molar-refractivity contribution in [3.8, 4) is 11.4 Å². The highest BCUT2D eigenvalue weighted by molar-refractivity contribution is 5.86. The number of rotatable bonds is 3. The van der Waals surface area contributed by atoms with Gasteiger partial charge in [0.2, 0.25) is 0 Å². The van der Waals surface area contributed by atoms with Crippen LogP contribution in [0, 0.1) is 5.82 Å². The average Bonchev–Trinajstić information content (AvgIpc) is 2.78. The number of carboxylic acids is 1. The van der Waals surface area contributed by atoms with Crippen LogP contribution in [0.3, 0.4) is 0 Å². The number of carboxylic acid groups (broad SMARTS) is 1. The molecule has 0 aliphatic heterocycles. The zero-order chi connectivity index (χ0) is 12.4. The van der Waals surface area contributed by atoms with Crippen molar-refractivity contribution in [2.75, 3.05) is 7.11 Å². The van der Waals surface area contributed by atoms with Crippen molar-refractivity contribution in [1.82, 2.24) is 4.57 Å². The van der Waals surface area contributed by atoms with Crippen molar-refractivity contribution >= 4 is 5.97 Å². The van der Waals surface area contributed by atoms with E-state index in [4.69, 9.17) is 9.84 Å². The van der Waals surface area contributed by atoms with Gasteiger partial charge < -0.3 is 14.4 Å². The van der Waals surface area contributed by atoms with E-state index in [0.29, 0.717) is 5.75 Å². The van der Waals surface area contributed by atoms with Gasteiger partial charge in [0.15, 0.2) is 0 Å². The lowest BCUT2D eigenvalue weighted by atomic mass is 10.2. The molecule has 0 fully saturated rings. The largest absolute Gasteiger partial charge is 0.497 e. The molecule has 0 amide bonds. The number of ether oxygens (including phenoxy) is 1. The van der Waals surface area contributed by atoms with Crippen LogP contribution >= 0.6 is 0 Å². The Bertz CT molecular complexity index is 563. The van der Waals surface area contributed by atoms with Crippen molar-refractivity contribution < 1.29 is 19.0 Å². The summed E-state index contributed by atoms with van der Waals surface area (Å²) in [6.45, 7) is 0. The van der Waals surface area contributed by atoms with Gasteiger partial charge in [-0.25, -0.2) is 9.18 Å². The summed E-state index contributed by atoms with van der Waals surface area (Å²) in [6.07, 6.45) is 1.49. The van der Waals surface area contributed by atoms with Crippen molar-refractivity contribution in [2.24, 2.45) is 0 Å². The van der Waals surface area contributed by atoms with Crippen LogP contribution in [0.5, 0.6) is 5.75 Å². The number of halogens is 1. The van der Waals surface area contributed by atoms with E-state index >= 15 is 0 Å². The Morgan fingerprint density at radius 3 is 2.82 bits per heavy atom. The molecule has 2 aromatic rings. The van der Waals surface area contributed by atoms with Gasteiger partial charge in [0.05, 0.1) is 12.8 Å². The van der Waals surface area contributed by atoms with E-state index in [1.807, 2.05) is 0 Å². The second-order valence-corrected chi connectivity index (χ2v) is 3.39. The third kappa shape index (κ3) is 1.99. The fourth-order valence-electron chi connectivity index (χ4n) is 1.57. The number of aromatic nitrogens is 1. The van der Waals surface area contributed by atoms with Gasteiger partial charge >= 0.3 is 5.97 Å². The molecule has 1 N–H and O–H groups in total. The first kappa shape index (κ1) is 11.2.